The van der Waals surface area contributed by atoms with Crippen LogP contribution >= 0.6 is 0 Å². The first-order chi connectivity index (χ1) is 11.3. The molecular weight excluding hydrogens is 286 g/mol. The van der Waals surface area contributed by atoms with Gasteiger partial charge in [0.1, 0.15) is 0 Å². The number of morpholine rings is 1. The van der Waals surface area contributed by atoms with Crippen molar-refractivity contribution < 1.29 is 4.74 Å². The van der Waals surface area contributed by atoms with Crippen molar-refractivity contribution >= 4 is 5.69 Å². The Bertz CT molecular complexity index is 473. The standard InChI is InChI=1S/C19H31N3O/c1-17-6-4-5-10-21(17)11-9-20-16-18-7-2-3-8-19(18)22-12-14-23-15-13-22/h2-3,7-8,17,20H,4-6,9-16H2,1H3. The normalized spacial score (nSPS) is 23.2. The fraction of sp³-hybridized carbons (Fsp3) is 0.684. The summed E-state index contributed by atoms with van der Waals surface area (Å²) in [5, 5.41) is 3.65. The second-order valence-corrected chi connectivity index (χ2v) is 6.79. The zero-order chi connectivity index (χ0) is 15.9. The van der Waals surface area contributed by atoms with E-state index in [1.54, 1.807) is 0 Å². The Balaban J connectivity index is 1.48. The Labute approximate surface area is 140 Å². The highest BCUT2D eigenvalue weighted by atomic mass is 16.5. The number of ether oxygens (including phenoxy) is 1. The Morgan fingerprint density at radius 3 is 2.78 bits per heavy atom. The fourth-order valence-corrected chi connectivity index (χ4v) is 3.71. The molecule has 0 saturated carbocycles. The van der Waals surface area contributed by atoms with Gasteiger partial charge in [0.25, 0.3) is 0 Å². The topological polar surface area (TPSA) is 27.7 Å². The Kier molecular flexibility index (Phi) is 6.31. The second kappa shape index (κ2) is 8.67. The number of para-hydroxylation sites is 1. The number of benzene rings is 1. The molecule has 0 amide bonds. The van der Waals surface area contributed by atoms with Crippen LogP contribution in [0.4, 0.5) is 5.69 Å². The van der Waals surface area contributed by atoms with E-state index in [0.29, 0.717) is 0 Å². The van der Waals surface area contributed by atoms with Crippen LogP contribution in [0.2, 0.25) is 0 Å². The summed E-state index contributed by atoms with van der Waals surface area (Å²) >= 11 is 0. The van der Waals surface area contributed by atoms with Crippen molar-refractivity contribution in [1.29, 1.82) is 0 Å². The molecule has 128 valence electrons. The lowest BCUT2D eigenvalue weighted by atomic mass is 10.0. The third kappa shape index (κ3) is 4.69. The molecule has 0 aliphatic carbocycles. The van der Waals surface area contributed by atoms with E-state index >= 15 is 0 Å². The van der Waals surface area contributed by atoms with Crippen LogP contribution in [0.25, 0.3) is 0 Å². The highest BCUT2D eigenvalue weighted by molar-refractivity contribution is 5.53. The first-order valence-corrected chi connectivity index (χ1v) is 9.20. The summed E-state index contributed by atoms with van der Waals surface area (Å²) in [6.45, 7) is 10.5. The van der Waals surface area contributed by atoms with E-state index in [-0.39, 0.29) is 0 Å². The largest absolute Gasteiger partial charge is 0.378 e. The van der Waals surface area contributed by atoms with E-state index in [4.69, 9.17) is 4.74 Å². The van der Waals surface area contributed by atoms with Gasteiger partial charge in [0.15, 0.2) is 0 Å². The van der Waals surface area contributed by atoms with E-state index < -0.39 is 0 Å². The SMILES string of the molecule is CC1CCCCN1CCNCc1ccccc1N1CCOCC1. The molecule has 0 aromatic heterocycles. The summed E-state index contributed by atoms with van der Waals surface area (Å²) in [7, 11) is 0. The molecule has 4 heteroatoms. The minimum atomic E-state index is 0.756. The van der Waals surface area contributed by atoms with Crippen molar-refractivity contribution in [3.63, 3.8) is 0 Å². The maximum Gasteiger partial charge on any atom is 0.0642 e. The summed E-state index contributed by atoms with van der Waals surface area (Å²) in [4.78, 5) is 5.08. The predicted molar refractivity (Wildman–Crippen MR) is 96.1 cm³/mol. The van der Waals surface area contributed by atoms with Crippen LogP contribution in [0.5, 0.6) is 0 Å². The van der Waals surface area contributed by atoms with Crippen molar-refractivity contribution in [2.24, 2.45) is 0 Å². The summed E-state index contributed by atoms with van der Waals surface area (Å²) in [5.74, 6) is 0. The number of piperidine rings is 1. The summed E-state index contributed by atoms with van der Waals surface area (Å²) in [6, 6.07) is 9.54. The minimum Gasteiger partial charge on any atom is -0.378 e. The first-order valence-electron chi connectivity index (χ1n) is 9.20. The molecule has 4 nitrogen and oxygen atoms in total. The minimum absolute atomic E-state index is 0.756. The van der Waals surface area contributed by atoms with Crippen LogP contribution in [-0.2, 0) is 11.3 Å². The van der Waals surface area contributed by atoms with Gasteiger partial charge in [-0.2, -0.15) is 0 Å². The maximum absolute atomic E-state index is 5.47. The van der Waals surface area contributed by atoms with E-state index in [9.17, 15) is 0 Å². The smallest absolute Gasteiger partial charge is 0.0642 e. The average Bonchev–Trinajstić information content (AvgIpc) is 2.61. The molecule has 0 bridgehead atoms. The molecule has 1 atom stereocenters. The van der Waals surface area contributed by atoms with Gasteiger partial charge >= 0.3 is 0 Å². The highest BCUT2D eigenvalue weighted by Gasteiger charge is 2.17. The van der Waals surface area contributed by atoms with Crippen LogP contribution in [0.15, 0.2) is 24.3 Å². The molecule has 1 aromatic rings. The Hall–Kier alpha value is -1.10. The van der Waals surface area contributed by atoms with Crippen molar-refractivity contribution in [3.8, 4) is 0 Å². The van der Waals surface area contributed by atoms with Crippen molar-refractivity contribution in [3.05, 3.63) is 29.8 Å². The molecule has 2 heterocycles. The second-order valence-electron chi connectivity index (χ2n) is 6.79. The fourth-order valence-electron chi connectivity index (χ4n) is 3.71. The third-order valence-electron chi connectivity index (χ3n) is 5.18. The van der Waals surface area contributed by atoms with E-state index in [1.165, 1.54) is 43.6 Å². The molecule has 2 fully saturated rings. The van der Waals surface area contributed by atoms with Crippen LogP contribution in [0, 0.1) is 0 Å². The molecule has 1 N–H and O–H groups in total. The van der Waals surface area contributed by atoms with Crippen molar-refractivity contribution in [1.82, 2.24) is 10.2 Å². The molecule has 3 rings (SSSR count). The van der Waals surface area contributed by atoms with Crippen LogP contribution < -0.4 is 10.2 Å². The summed E-state index contributed by atoms with van der Waals surface area (Å²) < 4.78 is 5.47. The Morgan fingerprint density at radius 2 is 1.96 bits per heavy atom. The van der Waals surface area contributed by atoms with Gasteiger partial charge in [0.2, 0.25) is 0 Å². The third-order valence-corrected chi connectivity index (χ3v) is 5.18. The van der Waals surface area contributed by atoms with Crippen LogP contribution in [0.3, 0.4) is 0 Å². The molecule has 1 aromatic carbocycles. The van der Waals surface area contributed by atoms with Crippen LogP contribution in [0.1, 0.15) is 31.7 Å². The quantitative estimate of drug-likeness (QED) is 0.816. The summed E-state index contributed by atoms with van der Waals surface area (Å²) in [6.07, 6.45) is 4.13. The number of anilines is 1. The van der Waals surface area contributed by atoms with Gasteiger partial charge in [-0.15, -0.1) is 0 Å². The Morgan fingerprint density at radius 1 is 1.13 bits per heavy atom. The van der Waals surface area contributed by atoms with Gasteiger partial charge in [0, 0.05) is 44.5 Å². The molecule has 1 unspecified atom stereocenters. The van der Waals surface area contributed by atoms with E-state index in [0.717, 1.165) is 45.4 Å². The average molecular weight is 317 g/mol. The molecule has 2 aliphatic heterocycles. The molecule has 0 spiro atoms. The highest BCUT2D eigenvalue weighted by Crippen LogP contribution is 2.21. The molecule has 2 aliphatic rings. The zero-order valence-corrected chi connectivity index (χ0v) is 14.5. The lowest BCUT2D eigenvalue weighted by Gasteiger charge is -2.33. The van der Waals surface area contributed by atoms with Gasteiger partial charge in [-0.3, -0.25) is 4.90 Å². The molecule has 23 heavy (non-hydrogen) atoms. The van der Waals surface area contributed by atoms with Gasteiger partial charge in [-0.05, 0) is 37.9 Å². The summed E-state index contributed by atoms with van der Waals surface area (Å²) in [5.41, 5.74) is 2.77. The van der Waals surface area contributed by atoms with Gasteiger partial charge in [-0.25, -0.2) is 0 Å². The van der Waals surface area contributed by atoms with E-state index in [1.807, 2.05) is 0 Å². The van der Waals surface area contributed by atoms with E-state index in [2.05, 4.69) is 46.3 Å². The maximum atomic E-state index is 5.47. The lowest BCUT2D eigenvalue weighted by molar-refractivity contribution is 0.122. The van der Waals surface area contributed by atoms with Crippen molar-refractivity contribution in [2.45, 2.75) is 38.8 Å². The van der Waals surface area contributed by atoms with Gasteiger partial charge in [0.05, 0.1) is 13.2 Å². The first kappa shape index (κ1) is 16.7. The van der Waals surface area contributed by atoms with Gasteiger partial charge < -0.3 is 15.0 Å². The lowest BCUT2D eigenvalue weighted by Crippen LogP contribution is -2.41. The molecular formula is C19H31N3O. The molecule has 0 radical (unpaired) electrons. The predicted octanol–water partition coefficient (Wildman–Crippen LogP) is 2.49. The number of hydrogen-bond donors (Lipinski definition) is 1. The van der Waals surface area contributed by atoms with Crippen LogP contribution in [-0.4, -0.2) is 56.9 Å². The van der Waals surface area contributed by atoms with Crippen molar-refractivity contribution in [2.75, 3.05) is 50.8 Å². The number of nitrogens with zero attached hydrogens (tertiary/aromatic N) is 2. The zero-order valence-electron chi connectivity index (χ0n) is 14.5. The van der Waals surface area contributed by atoms with Gasteiger partial charge in [-0.1, -0.05) is 24.6 Å². The number of likely N-dealkylation sites (tertiary alicyclic amines) is 1. The number of rotatable bonds is 6. The number of hydrogen-bond acceptors (Lipinski definition) is 4. The molecule has 2 saturated heterocycles. The number of nitrogens with one attached hydrogen (secondary N) is 1. The monoisotopic (exact) mass is 317 g/mol.